The first-order valence-corrected chi connectivity index (χ1v) is 7.23. The fourth-order valence-corrected chi connectivity index (χ4v) is 3.98. The number of carbonyl (C=O) groups is 1. The number of carboxylic acids is 1. The van der Waals surface area contributed by atoms with Gasteiger partial charge in [-0.25, -0.2) is 0 Å². The number of aliphatic carboxylic acids is 1. The Kier molecular flexibility index (Phi) is 3.31. The van der Waals surface area contributed by atoms with Gasteiger partial charge in [0.15, 0.2) is 0 Å². The van der Waals surface area contributed by atoms with E-state index >= 15 is 0 Å². The van der Waals surface area contributed by atoms with E-state index in [1.54, 1.807) is 0 Å². The Hall–Kier alpha value is -1.35. The van der Waals surface area contributed by atoms with E-state index < -0.39 is 5.97 Å². The number of hydrogen-bond acceptors (Lipinski definition) is 2. The minimum absolute atomic E-state index is 0.190. The molecule has 3 heteroatoms. The molecule has 2 atom stereocenters. The summed E-state index contributed by atoms with van der Waals surface area (Å²) in [6, 6.07) is 10.6. The van der Waals surface area contributed by atoms with E-state index in [2.05, 4.69) is 24.0 Å². The predicted octanol–water partition coefficient (Wildman–Crippen LogP) is 3.08. The lowest BCUT2D eigenvalue weighted by atomic mass is 9.73. The molecule has 102 valence electrons. The maximum absolute atomic E-state index is 11.6. The number of piperidine rings is 2. The van der Waals surface area contributed by atoms with Gasteiger partial charge in [0.25, 0.3) is 0 Å². The molecule has 3 fully saturated rings. The summed E-state index contributed by atoms with van der Waals surface area (Å²) in [6.07, 6.45) is 4.48. The van der Waals surface area contributed by atoms with Crippen LogP contribution >= 0.6 is 0 Å². The SMILES string of the molecule is C[C@@H](c1ccccc1)N1C2CCC(CC2)[C@@H]1C(=O)O. The molecule has 2 heterocycles. The van der Waals surface area contributed by atoms with Gasteiger partial charge in [0.05, 0.1) is 0 Å². The molecule has 3 nitrogen and oxygen atoms in total. The van der Waals surface area contributed by atoms with E-state index in [0.717, 1.165) is 25.7 Å². The van der Waals surface area contributed by atoms with Crippen molar-refractivity contribution in [1.29, 1.82) is 0 Å². The maximum atomic E-state index is 11.6. The number of benzene rings is 1. The smallest absolute Gasteiger partial charge is 0.321 e. The van der Waals surface area contributed by atoms with Crippen LogP contribution in [-0.2, 0) is 4.79 Å². The first-order chi connectivity index (χ1) is 9.18. The molecular formula is C16H21NO2. The van der Waals surface area contributed by atoms with Crippen molar-refractivity contribution in [2.75, 3.05) is 0 Å². The Morgan fingerprint density at radius 1 is 1.21 bits per heavy atom. The van der Waals surface area contributed by atoms with Gasteiger partial charge in [-0.1, -0.05) is 30.3 Å². The normalized spacial score (nSPS) is 32.2. The van der Waals surface area contributed by atoms with Gasteiger partial charge < -0.3 is 5.11 Å². The highest BCUT2D eigenvalue weighted by molar-refractivity contribution is 5.74. The Labute approximate surface area is 114 Å². The zero-order valence-electron chi connectivity index (χ0n) is 11.3. The molecule has 0 aromatic heterocycles. The predicted molar refractivity (Wildman–Crippen MR) is 73.9 cm³/mol. The molecule has 1 aliphatic carbocycles. The van der Waals surface area contributed by atoms with Gasteiger partial charge in [0.2, 0.25) is 0 Å². The molecule has 19 heavy (non-hydrogen) atoms. The average Bonchev–Trinajstić information content (AvgIpc) is 2.47. The van der Waals surface area contributed by atoms with E-state index in [1.807, 2.05) is 18.2 Å². The second-order valence-corrected chi connectivity index (χ2v) is 5.89. The summed E-state index contributed by atoms with van der Waals surface area (Å²) >= 11 is 0. The van der Waals surface area contributed by atoms with Crippen LogP contribution in [0.3, 0.4) is 0 Å². The van der Waals surface area contributed by atoms with E-state index in [1.165, 1.54) is 5.56 Å². The zero-order chi connectivity index (χ0) is 13.4. The van der Waals surface area contributed by atoms with E-state index in [0.29, 0.717) is 12.0 Å². The Bertz CT molecular complexity index is 451. The van der Waals surface area contributed by atoms with Gasteiger partial charge in [-0.3, -0.25) is 9.69 Å². The van der Waals surface area contributed by atoms with Crippen LogP contribution in [0.4, 0.5) is 0 Å². The lowest BCUT2D eigenvalue weighted by Crippen LogP contribution is -2.58. The van der Waals surface area contributed by atoms with Crippen LogP contribution < -0.4 is 0 Å². The van der Waals surface area contributed by atoms with Crippen LogP contribution in [0.25, 0.3) is 0 Å². The highest BCUT2D eigenvalue weighted by Crippen LogP contribution is 2.43. The molecule has 2 aliphatic heterocycles. The molecule has 1 aromatic rings. The lowest BCUT2D eigenvalue weighted by Gasteiger charge is -2.52. The molecule has 1 saturated carbocycles. The van der Waals surface area contributed by atoms with Crippen LogP contribution in [0.1, 0.15) is 44.2 Å². The second kappa shape index (κ2) is 4.97. The van der Waals surface area contributed by atoms with E-state index in [-0.39, 0.29) is 12.1 Å². The molecule has 2 saturated heterocycles. The van der Waals surface area contributed by atoms with Crippen molar-refractivity contribution in [2.24, 2.45) is 5.92 Å². The van der Waals surface area contributed by atoms with Crippen LogP contribution in [0.2, 0.25) is 0 Å². The Morgan fingerprint density at radius 3 is 2.42 bits per heavy atom. The molecule has 0 unspecified atom stereocenters. The summed E-state index contributed by atoms with van der Waals surface area (Å²) in [4.78, 5) is 13.9. The fourth-order valence-electron chi connectivity index (χ4n) is 3.98. The molecule has 2 bridgehead atoms. The fraction of sp³-hybridized carbons (Fsp3) is 0.562. The third-order valence-electron chi connectivity index (χ3n) is 4.91. The molecule has 0 amide bonds. The lowest BCUT2D eigenvalue weighted by molar-refractivity contribution is -0.155. The molecule has 1 N–H and O–H groups in total. The average molecular weight is 259 g/mol. The first kappa shape index (κ1) is 12.7. The van der Waals surface area contributed by atoms with Crippen molar-refractivity contribution < 1.29 is 9.90 Å². The van der Waals surface area contributed by atoms with Crippen molar-refractivity contribution >= 4 is 5.97 Å². The molecule has 0 spiro atoms. The second-order valence-electron chi connectivity index (χ2n) is 5.89. The topological polar surface area (TPSA) is 40.5 Å². The third kappa shape index (κ3) is 2.16. The van der Waals surface area contributed by atoms with Crippen LogP contribution in [0.5, 0.6) is 0 Å². The number of carboxylic acid groups (broad SMARTS) is 1. The highest BCUT2D eigenvalue weighted by atomic mass is 16.4. The van der Waals surface area contributed by atoms with Crippen molar-refractivity contribution in [3.8, 4) is 0 Å². The van der Waals surface area contributed by atoms with Crippen molar-refractivity contribution in [3.63, 3.8) is 0 Å². The van der Waals surface area contributed by atoms with Crippen molar-refractivity contribution in [2.45, 2.75) is 50.7 Å². The van der Waals surface area contributed by atoms with Gasteiger partial charge in [0, 0.05) is 12.1 Å². The Balaban J connectivity index is 1.91. The summed E-state index contributed by atoms with van der Waals surface area (Å²) in [5, 5.41) is 9.58. The first-order valence-electron chi connectivity index (χ1n) is 7.23. The van der Waals surface area contributed by atoms with Gasteiger partial charge >= 0.3 is 5.97 Å². The quantitative estimate of drug-likeness (QED) is 0.907. The largest absolute Gasteiger partial charge is 0.480 e. The summed E-state index contributed by atoms with van der Waals surface area (Å²) in [5.74, 6) is -0.300. The maximum Gasteiger partial charge on any atom is 0.321 e. The molecule has 3 aliphatic rings. The molecule has 1 aromatic carbocycles. The number of rotatable bonds is 3. The number of fused-ring (bicyclic) bond motifs is 3. The monoisotopic (exact) mass is 259 g/mol. The molecule has 4 rings (SSSR count). The minimum Gasteiger partial charge on any atom is -0.480 e. The molecular weight excluding hydrogens is 238 g/mol. The van der Waals surface area contributed by atoms with Gasteiger partial charge in [-0.15, -0.1) is 0 Å². The zero-order valence-corrected chi connectivity index (χ0v) is 11.3. The number of hydrogen-bond donors (Lipinski definition) is 1. The standard InChI is InChI=1S/C16H21NO2/c1-11(12-5-3-2-4-6-12)17-14-9-7-13(8-10-14)15(17)16(18)19/h2-6,11,13-15H,7-10H2,1H3,(H,18,19)/t11-,13?,14?,15+/m0/s1. The van der Waals surface area contributed by atoms with E-state index in [9.17, 15) is 9.90 Å². The van der Waals surface area contributed by atoms with Gasteiger partial charge in [0.1, 0.15) is 6.04 Å². The highest BCUT2D eigenvalue weighted by Gasteiger charge is 2.47. The van der Waals surface area contributed by atoms with Crippen LogP contribution in [-0.4, -0.2) is 28.1 Å². The summed E-state index contributed by atoms with van der Waals surface area (Å²) in [6.45, 7) is 2.14. The summed E-state index contributed by atoms with van der Waals surface area (Å²) in [5.41, 5.74) is 1.22. The van der Waals surface area contributed by atoms with Crippen LogP contribution in [0, 0.1) is 5.92 Å². The number of nitrogens with zero attached hydrogens (tertiary/aromatic N) is 1. The third-order valence-corrected chi connectivity index (χ3v) is 4.91. The summed E-state index contributed by atoms with van der Waals surface area (Å²) in [7, 11) is 0. The van der Waals surface area contributed by atoms with Gasteiger partial charge in [-0.2, -0.15) is 0 Å². The summed E-state index contributed by atoms with van der Waals surface area (Å²) < 4.78 is 0. The van der Waals surface area contributed by atoms with E-state index in [4.69, 9.17) is 0 Å². The Morgan fingerprint density at radius 2 is 1.84 bits per heavy atom. The minimum atomic E-state index is -0.641. The van der Waals surface area contributed by atoms with Crippen LogP contribution in [0.15, 0.2) is 30.3 Å². The van der Waals surface area contributed by atoms with Gasteiger partial charge in [-0.05, 0) is 44.1 Å². The van der Waals surface area contributed by atoms with Crippen molar-refractivity contribution in [3.05, 3.63) is 35.9 Å². The van der Waals surface area contributed by atoms with Crippen molar-refractivity contribution in [1.82, 2.24) is 4.90 Å². The molecule has 0 radical (unpaired) electrons.